The van der Waals surface area contributed by atoms with Crippen molar-refractivity contribution in [1.82, 2.24) is 24.8 Å². The second-order valence-electron chi connectivity index (χ2n) is 10.8. The minimum atomic E-state index is -0.381. The molecule has 6 rings (SSSR count). The molecule has 37 heavy (non-hydrogen) atoms. The van der Waals surface area contributed by atoms with Crippen molar-refractivity contribution in [2.24, 2.45) is 5.92 Å². The molecular formula is C29H35N5O3. The van der Waals surface area contributed by atoms with Crippen LogP contribution in [0.4, 0.5) is 0 Å². The van der Waals surface area contributed by atoms with E-state index in [1.807, 2.05) is 35.0 Å². The number of hydrogen-bond donors (Lipinski definition) is 2. The van der Waals surface area contributed by atoms with Crippen LogP contribution in [0.3, 0.4) is 0 Å². The minimum Gasteiger partial charge on any atom is -0.478 e. The third-order valence-corrected chi connectivity index (χ3v) is 7.96. The number of pyridine rings is 2. The summed E-state index contributed by atoms with van der Waals surface area (Å²) in [6.45, 7) is 6.33. The average molecular weight is 502 g/mol. The van der Waals surface area contributed by atoms with Gasteiger partial charge in [0.25, 0.3) is 0 Å². The third kappa shape index (κ3) is 4.88. The number of rotatable bonds is 7. The number of ether oxygens (including phenoxy) is 2. The highest BCUT2D eigenvalue weighted by Gasteiger charge is 2.33. The zero-order valence-corrected chi connectivity index (χ0v) is 21.5. The zero-order chi connectivity index (χ0) is 25.2. The van der Waals surface area contributed by atoms with Gasteiger partial charge in [-0.3, -0.25) is 9.55 Å². The quantitative estimate of drug-likeness (QED) is 0.359. The predicted molar refractivity (Wildman–Crippen MR) is 145 cm³/mol. The highest BCUT2D eigenvalue weighted by molar-refractivity contribution is 6.03. The zero-order valence-electron chi connectivity index (χ0n) is 21.5. The van der Waals surface area contributed by atoms with E-state index < -0.39 is 0 Å². The number of benzene rings is 1. The van der Waals surface area contributed by atoms with Crippen molar-refractivity contribution in [2.45, 2.75) is 51.0 Å². The Kier molecular flexibility index (Phi) is 6.69. The Bertz CT molecular complexity index is 1430. The van der Waals surface area contributed by atoms with E-state index in [2.05, 4.69) is 33.3 Å². The molecule has 0 amide bonds. The standard InChI is InChI=1S/C29H35N5O3/c1-29(11-4-13-36-19-29)34-25-18-31-24-9-7-21(15-23(24)27(25)33-28(34)35)22-8-10-26(32-17-22)37-14-3-6-20-5-2-12-30-16-20/h7-10,15,17-18,20,30H,2-6,11-14,16,19H2,1H3,(H,33,35). The highest BCUT2D eigenvalue weighted by atomic mass is 16.5. The van der Waals surface area contributed by atoms with Crippen molar-refractivity contribution in [3.63, 3.8) is 0 Å². The van der Waals surface area contributed by atoms with Crippen molar-refractivity contribution in [3.05, 3.63) is 53.2 Å². The van der Waals surface area contributed by atoms with E-state index >= 15 is 0 Å². The molecule has 0 aliphatic carbocycles. The van der Waals surface area contributed by atoms with E-state index in [1.54, 1.807) is 6.20 Å². The van der Waals surface area contributed by atoms with Crippen molar-refractivity contribution >= 4 is 21.9 Å². The van der Waals surface area contributed by atoms with Gasteiger partial charge in [-0.15, -0.1) is 0 Å². The number of fused-ring (bicyclic) bond motifs is 3. The number of nitrogens with one attached hydrogen (secondary N) is 2. The van der Waals surface area contributed by atoms with Crippen molar-refractivity contribution in [3.8, 4) is 17.0 Å². The molecule has 2 saturated heterocycles. The molecule has 2 N–H and O–H groups in total. The van der Waals surface area contributed by atoms with Crippen LogP contribution in [-0.4, -0.2) is 52.4 Å². The van der Waals surface area contributed by atoms with Gasteiger partial charge in [-0.2, -0.15) is 0 Å². The Morgan fingerprint density at radius 3 is 2.86 bits per heavy atom. The third-order valence-electron chi connectivity index (χ3n) is 7.96. The molecule has 8 nitrogen and oxygen atoms in total. The number of hydrogen-bond acceptors (Lipinski definition) is 6. The monoisotopic (exact) mass is 501 g/mol. The Morgan fingerprint density at radius 1 is 1.16 bits per heavy atom. The topological polar surface area (TPSA) is 94.1 Å². The first kappa shape index (κ1) is 24.1. The molecule has 2 atom stereocenters. The lowest BCUT2D eigenvalue weighted by atomic mass is 9.94. The maximum Gasteiger partial charge on any atom is 0.327 e. The molecule has 5 heterocycles. The van der Waals surface area contributed by atoms with Gasteiger partial charge in [-0.1, -0.05) is 6.07 Å². The molecule has 2 fully saturated rings. The fourth-order valence-corrected chi connectivity index (χ4v) is 5.92. The summed E-state index contributed by atoms with van der Waals surface area (Å²) in [5.74, 6) is 1.42. The van der Waals surface area contributed by atoms with Gasteiger partial charge < -0.3 is 19.8 Å². The van der Waals surface area contributed by atoms with Gasteiger partial charge in [0.15, 0.2) is 0 Å². The second-order valence-corrected chi connectivity index (χ2v) is 10.8. The van der Waals surface area contributed by atoms with Crippen molar-refractivity contribution in [1.29, 1.82) is 0 Å². The number of imidazole rings is 1. The van der Waals surface area contributed by atoms with Crippen molar-refractivity contribution < 1.29 is 9.47 Å². The van der Waals surface area contributed by atoms with Gasteiger partial charge in [-0.25, -0.2) is 9.78 Å². The normalized spacial score (nSPS) is 22.5. The number of aromatic amines is 1. The minimum absolute atomic E-state index is 0.120. The summed E-state index contributed by atoms with van der Waals surface area (Å²) in [5.41, 5.74) is 3.98. The van der Waals surface area contributed by atoms with Crippen molar-refractivity contribution in [2.75, 3.05) is 32.9 Å². The maximum atomic E-state index is 13.1. The lowest BCUT2D eigenvalue weighted by Crippen LogP contribution is -2.43. The average Bonchev–Trinajstić information content (AvgIpc) is 3.29. The molecular weight excluding hydrogens is 466 g/mol. The van der Waals surface area contributed by atoms with E-state index in [9.17, 15) is 4.79 Å². The Labute approximate surface area is 216 Å². The summed E-state index contributed by atoms with van der Waals surface area (Å²) in [5, 5.41) is 4.40. The van der Waals surface area contributed by atoms with Crippen LogP contribution >= 0.6 is 0 Å². The number of nitrogens with zero attached hydrogens (tertiary/aromatic N) is 3. The van der Waals surface area contributed by atoms with Gasteiger partial charge in [0.2, 0.25) is 5.88 Å². The number of aromatic nitrogens is 4. The molecule has 2 aliphatic rings. The molecule has 0 bridgehead atoms. The smallest absolute Gasteiger partial charge is 0.327 e. The fourth-order valence-electron chi connectivity index (χ4n) is 5.92. The molecule has 2 unspecified atom stereocenters. The summed E-state index contributed by atoms with van der Waals surface area (Å²) in [6.07, 6.45) is 10.3. The van der Waals surface area contributed by atoms with Gasteiger partial charge in [0.05, 0.1) is 41.5 Å². The first-order valence-corrected chi connectivity index (χ1v) is 13.5. The van der Waals surface area contributed by atoms with Crippen LogP contribution in [0, 0.1) is 5.92 Å². The van der Waals surface area contributed by atoms with E-state index in [4.69, 9.17) is 9.47 Å². The fraction of sp³-hybridized carbons (Fsp3) is 0.483. The summed E-state index contributed by atoms with van der Waals surface area (Å²) in [4.78, 5) is 25.4. The Morgan fingerprint density at radius 2 is 2.08 bits per heavy atom. The van der Waals surface area contributed by atoms with E-state index in [0.717, 1.165) is 77.9 Å². The van der Waals surface area contributed by atoms with Gasteiger partial charge >= 0.3 is 5.69 Å². The predicted octanol–water partition coefficient (Wildman–Crippen LogP) is 4.62. The van der Waals surface area contributed by atoms with E-state index in [0.29, 0.717) is 19.1 Å². The molecule has 0 spiro atoms. The van der Waals surface area contributed by atoms with Crippen LogP contribution in [0.5, 0.6) is 5.88 Å². The van der Waals surface area contributed by atoms with Crippen LogP contribution in [0.25, 0.3) is 33.1 Å². The molecule has 1 aromatic carbocycles. The lowest BCUT2D eigenvalue weighted by Gasteiger charge is -2.34. The van der Waals surface area contributed by atoms with Gasteiger partial charge in [0, 0.05) is 29.8 Å². The van der Waals surface area contributed by atoms with Crippen LogP contribution in [0.15, 0.2) is 47.5 Å². The van der Waals surface area contributed by atoms with Crippen LogP contribution in [0.2, 0.25) is 0 Å². The molecule has 194 valence electrons. The Hall–Kier alpha value is -3.23. The number of piperidine rings is 1. The SMILES string of the molecule is CC1(n2c(=O)[nH]c3c4cc(-c5ccc(OCCCC6CCCNC6)nc5)ccc4ncc32)CCCOC1. The summed E-state index contributed by atoms with van der Waals surface area (Å²) in [6, 6.07) is 10.1. The highest BCUT2D eigenvalue weighted by Crippen LogP contribution is 2.32. The molecule has 8 heteroatoms. The van der Waals surface area contributed by atoms with Gasteiger partial charge in [-0.05, 0) is 88.2 Å². The van der Waals surface area contributed by atoms with Gasteiger partial charge in [0.1, 0.15) is 0 Å². The first-order chi connectivity index (χ1) is 18.1. The maximum absolute atomic E-state index is 13.1. The molecule has 3 aromatic heterocycles. The molecule has 0 saturated carbocycles. The van der Waals surface area contributed by atoms with Crippen LogP contribution < -0.4 is 15.7 Å². The lowest BCUT2D eigenvalue weighted by molar-refractivity contribution is 0.00996. The summed E-state index contributed by atoms with van der Waals surface area (Å²) >= 11 is 0. The molecule has 0 radical (unpaired) electrons. The van der Waals surface area contributed by atoms with Crippen LogP contribution in [-0.2, 0) is 10.3 Å². The summed E-state index contributed by atoms with van der Waals surface area (Å²) in [7, 11) is 0. The summed E-state index contributed by atoms with van der Waals surface area (Å²) < 4.78 is 13.5. The molecule has 4 aromatic rings. The second kappa shape index (κ2) is 10.3. The first-order valence-electron chi connectivity index (χ1n) is 13.5. The molecule has 2 aliphatic heterocycles. The van der Waals surface area contributed by atoms with Crippen LogP contribution in [0.1, 0.15) is 45.4 Å². The number of H-pyrrole nitrogens is 1. The van der Waals surface area contributed by atoms with E-state index in [-0.39, 0.29) is 11.2 Å². The van der Waals surface area contributed by atoms with E-state index in [1.165, 1.54) is 19.3 Å². The Balaban J connectivity index is 1.21. The largest absolute Gasteiger partial charge is 0.478 e.